The van der Waals surface area contributed by atoms with Crippen molar-refractivity contribution in [1.29, 1.82) is 5.26 Å². The van der Waals surface area contributed by atoms with Gasteiger partial charge in [-0.05, 0) is 76.4 Å². The van der Waals surface area contributed by atoms with E-state index in [1.54, 1.807) is 43.7 Å². The third kappa shape index (κ3) is 6.15. The van der Waals surface area contributed by atoms with Gasteiger partial charge in [0.25, 0.3) is 5.91 Å². The number of nitrogens with zero attached hydrogens (tertiary/aromatic N) is 5. The van der Waals surface area contributed by atoms with Gasteiger partial charge in [0.1, 0.15) is 30.1 Å². The second-order valence-corrected chi connectivity index (χ2v) is 11.5. The number of carbonyl (C=O) groups is 1. The van der Waals surface area contributed by atoms with Gasteiger partial charge in [0.05, 0.1) is 29.1 Å². The largest absolute Gasteiger partial charge is 0.489 e. The van der Waals surface area contributed by atoms with Gasteiger partial charge in [-0.1, -0.05) is 6.07 Å². The third-order valence-corrected chi connectivity index (χ3v) is 7.41. The predicted molar refractivity (Wildman–Crippen MR) is 153 cm³/mol. The number of rotatable bonds is 7. The highest BCUT2D eigenvalue weighted by Gasteiger charge is 2.32. The van der Waals surface area contributed by atoms with E-state index < -0.39 is 17.0 Å². The minimum Gasteiger partial charge on any atom is -0.489 e. The van der Waals surface area contributed by atoms with Gasteiger partial charge in [0.15, 0.2) is 0 Å². The van der Waals surface area contributed by atoms with Crippen LogP contribution < -0.4 is 15.0 Å². The number of ether oxygens (including phenoxy) is 1. The molecular formula is C31H33FN6O3. The minimum absolute atomic E-state index is 0.0949. The summed E-state index contributed by atoms with van der Waals surface area (Å²) in [5.41, 5.74) is 2.28. The van der Waals surface area contributed by atoms with Crippen LogP contribution in [-0.4, -0.2) is 56.4 Å². The van der Waals surface area contributed by atoms with Gasteiger partial charge in [-0.2, -0.15) is 10.4 Å². The predicted octanol–water partition coefficient (Wildman–Crippen LogP) is 4.65. The maximum atomic E-state index is 13.7. The average Bonchev–Trinajstić information content (AvgIpc) is 3.36. The maximum Gasteiger partial charge on any atom is 0.252 e. The van der Waals surface area contributed by atoms with Crippen LogP contribution >= 0.6 is 0 Å². The summed E-state index contributed by atoms with van der Waals surface area (Å²) < 4.78 is 21.1. The molecule has 4 aromatic rings. The molecular weight excluding hydrogens is 523 g/mol. The summed E-state index contributed by atoms with van der Waals surface area (Å²) in [4.78, 5) is 19.8. The molecule has 5 rings (SSSR count). The number of aliphatic hydroxyl groups is 1. The van der Waals surface area contributed by atoms with Crippen LogP contribution in [0.3, 0.4) is 0 Å². The molecule has 1 aliphatic heterocycles. The third-order valence-electron chi connectivity index (χ3n) is 7.41. The molecule has 0 radical (unpaired) electrons. The summed E-state index contributed by atoms with van der Waals surface area (Å²) in [6.45, 7) is 8.63. The van der Waals surface area contributed by atoms with Gasteiger partial charge in [-0.3, -0.25) is 4.79 Å². The molecule has 41 heavy (non-hydrogen) atoms. The van der Waals surface area contributed by atoms with Gasteiger partial charge >= 0.3 is 0 Å². The number of pyridine rings is 2. The molecule has 4 heterocycles. The zero-order chi connectivity index (χ0) is 29.4. The van der Waals surface area contributed by atoms with Gasteiger partial charge < -0.3 is 20.1 Å². The Morgan fingerprint density at radius 1 is 1.22 bits per heavy atom. The fraction of sp³-hybridized carbons (Fsp3) is 0.355. The van der Waals surface area contributed by atoms with Crippen molar-refractivity contribution in [2.45, 2.75) is 51.7 Å². The molecule has 2 N–H and O–H groups in total. The molecule has 1 aliphatic rings. The first kappa shape index (κ1) is 28.1. The number of aromatic nitrogens is 3. The van der Waals surface area contributed by atoms with Gasteiger partial charge in [-0.25, -0.2) is 13.9 Å². The number of hydrogen-bond donors (Lipinski definition) is 2. The molecule has 3 aromatic heterocycles. The standard InChI is InChI=1S/C31H33FN6O3/c1-20-5-7-23(32)13-25(20)29(39)36-31(4)9-11-37(12-10-31)27-8-6-21(16-34-27)26-14-24(41-19-30(2,3)40)18-38-28(26)22(15-33)17-35-38/h5-8,13-14,16-18,40H,9-12,19H2,1-4H3,(H,36,39). The average molecular weight is 557 g/mol. The number of anilines is 1. The topological polar surface area (TPSA) is 116 Å². The van der Waals surface area contributed by atoms with Crippen LogP contribution in [0.4, 0.5) is 10.2 Å². The lowest BCUT2D eigenvalue weighted by Gasteiger charge is -2.40. The van der Waals surface area contributed by atoms with Crippen molar-refractivity contribution >= 4 is 17.2 Å². The summed E-state index contributed by atoms with van der Waals surface area (Å²) in [6.07, 6.45) is 6.38. The maximum absolute atomic E-state index is 13.7. The van der Waals surface area contributed by atoms with Crippen LogP contribution in [-0.2, 0) is 0 Å². The fourth-order valence-corrected chi connectivity index (χ4v) is 5.00. The fourth-order valence-electron chi connectivity index (χ4n) is 5.00. The van der Waals surface area contributed by atoms with E-state index in [1.165, 1.54) is 18.3 Å². The van der Waals surface area contributed by atoms with Gasteiger partial charge in [0, 0.05) is 41.5 Å². The minimum atomic E-state index is -1.01. The molecule has 0 aliphatic carbocycles. The Balaban J connectivity index is 1.32. The molecule has 1 fully saturated rings. The van der Waals surface area contributed by atoms with Crippen molar-refractivity contribution in [2.75, 3.05) is 24.6 Å². The first-order valence-electron chi connectivity index (χ1n) is 13.5. The van der Waals surface area contributed by atoms with E-state index in [0.717, 1.165) is 22.5 Å². The van der Waals surface area contributed by atoms with Crippen LogP contribution in [0.1, 0.15) is 55.1 Å². The Hall–Kier alpha value is -4.49. The lowest BCUT2D eigenvalue weighted by Crippen LogP contribution is -2.53. The lowest BCUT2D eigenvalue weighted by molar-refractivity contribution is 0.0283. The summed E-state index contributed by atoms with van der Waals surface area (Å²) in [5.74, 6) is 0.623. The number of fused-ring (bicyclic) bond motifs is 1. The highest BCUT2D eigenvalue weighted by Crippen LogP contribution is 2.32. The summed E-state index contributed by atoms with van der Waals surface area (Å²) in [5, 5.41) is 27.2. The molecule has 1 aromatic carbocycles. The van der Waals surface area contributed by atoms with E-state index in [4.69, 9.17) is 9.72 Å². The van der Waals surface area contributed by atoms with Crippen molar-refractivity contribution in [3.63, 3.8) is 0 Å². The molecule has 0 unspecified atom stereocenters. The Morgan fingerprint density at radius 2 is 1.98 bits per heavy atom. The van der Waals surface area contributed by atoms with E-state index in [9.17, 15) is 19.6 Å². The Kier molecular flexibility index (Phi) is 7.41. The molecule has 10 heteroatoms. The number of hydrogen-bond acceptors (Lipinski definition) is 7. The summed E-state index contributed by atoms with van der Waals surface area (Å²) in [7, 11) is 0. The molecule has 0 bridgehead atoms. The number of halogens is 1. The van der Waals surface area contributed by atoms with Crippen LogP contribution in [0.15, 0.2) is 55.0 Å². The van der Waals surface area contributed by atoms with Gasteiger partial charge in [0.2, 0.25) is 0 Å². The number of nitrogens with one attached hydrogen (secondary N) is 1. The zero-order valence-corrected chi connectivity index (χ0v) is 23.6. The molecule has 1 saturated heterocycles. The summed E-state index contributed by atoms with van der Waals surface area (Å²) in [6, 6.07) is 12.2. The number of aryl methyl sites for hydroxylation is 1. The number of carbonyl (C=O) groups excluding carboxylic acids is 1. The Bertz CT molecular complexity index is 1630. The second-order valence-electron chi connectivity index (χ2n) is 11.5. The van der Waals surface area contributed by atoms with E-state index in [0.29, 0.717) is 48.3 Å². The quantitative estimate of drug-likeness (QED) is 0.340. The van der Waals surface area contributed by atoms with Crippen molar-refractivity contribution in [2.24, 2.45) is 0 Å². The van der Waals surface area contributed by atoms with Crippen molar-refractivity contribution in [1.82, 2.24) is 19.9 Å². The highest BCUT2D eigenvalue weighted by molar-refractivity contribution is 5.96. The lowest BCUT2D eigenvalue weighted by atomic mass is 9.89. The van der Waals surface area contributed by atoms with Crippen molar-refractivity contribution in [3.05, 3.63) is 77.5 Å². The van der Waals surface area contributed by atoms with E-state index in [2.05, 4.69) is 21.4 Å². The van der Waals surface area contributed by atoms with Crippen molar-refractivity contribution in [3.8, 4) is 22.9 Å². The molecule has 0 saturated carbocycles. The molecule has 212 valence electrons. The molecule has 9 nitrogen and oxygen atoms in total. The number of benzene rings is 1. The monoisotopic (exact) mass is 556 g/mol. The second kappa shape index (κ2) is 10.8. The highest BCUT2D eigenvalue weighted by atomic mass is 19.1. The SMILES string of the molecule is Cc1ccc(F)cc1C(=O)NC1(C)CCN(c2ccc(-c3cc(OCC(C)(C)O)cn4ncc(C#N)c34)cn2)CC1. The normalized spacial score (nSPS) is 15.0. The number of amides is 1. The van der Waals surface area contributed by atoms with Crippen LogP contribution in [0.2, 0.25) is 0 Å². The zero-order valence-electron chi connectivity index (χ0n) is 23.6. The van der Waals surface area contributed by atoms with E-state index in [1.807, 2.05) is 25.1 Å². The van der Waals surface area contributed by atoms with Crippen molar-refractivity contribution < 1.29 is 19.0 Å². The molecule has 0 atom stereocenters. The Labute approximate surface area is 238 Å². The van der Waals surface area contributed by atoms with Crippen LogP contribution in [0.5, 0.6) is 5.75 Å². The van der Waals surface area contributed by atoms with Crippen LogP contribution in [0, 0.1) is 24.1 Å². The number of nitriles is 1. The van der Waals surface area contributed by atoms with Crippen LogP contribution in [0.25, 0.3) is 16.6 Å². The first-order chi connectivity index (χ1) is 19.4. The molecule has 0 spiro atoms. The smallest absolute Gasteiger partial charge is 0.252 e. The van der Waals surface area contributed by atoms with E-state index >= 15 is 0 Å². The molecule has 1 amide bonds. The van der Waals surface area contributed by atoms with Gasteiger partial charge in [-0.15, -0.1) is 0 Å². The number of piperidine rings is 1. The first-order valence-corrected chi connectivity index (χ1v) is 13.5. The summed E-state index contributed by atoms with van der Waals surface area (Å²) >= 11 is 0. The Morgan fingerprint density at radius 3 is 2.63 bits per heavy atom. The van der Waals surface area contributed by atoms with E-state index in [-0.39, 0.29) is 12.5 Å².